The zero-order chi connectivity index (χ0) is 13.9. The number of benzene rings is 1. The third kappa shape index (κ3) is 2.57. The average Bonchev–Trinajstić information content (AvgIpc) is 3.10. The summed E-state index contributed by atoms with van der Waals surface area (Å²) in [6.07, 6.45) is 0. The summed E-state index contributed by atoms with van der Waals surface area (Å²) < 4.78 is 0. The molecule has 0 aliphatic carbocycles. The lowest BCUT2D eigenvalue weighted by atomic mass is 10.2. The second kappa shape index (κ2) is 5.22. The summed E-state index contributed by atoms with van der Waals surface area (Å²) in [5, 5.41) is 18.4. The molecule has 7 heteroatoms. The zero-order valence-electron chi connectivity index (χ0n) is 10.6. The number of anilines is 1. The van der Waals surface area contributed by atoms with Gasteiger partial charge in [-0.2, -0.15) is 5.21 Å². The van der Waals surface area contributed by atoms with E-state index in [0.29, 0.717) is 17.1 Å². The van der Waals surface area contributed by atoms with Gasteiger partial charge in [-0.05, 0) is 30.3 Å². The molecule has 1 aromatic carbocycles. The Kier molecular flexibility index (Phi) is 3.26. The minimum absolute atomic E-state index is 0.125. The van der Waals surface area contributed by atoms with E-state index in [1.54, 1.807) is 11.3 Å². The molecule has 0 aliphatic heterocycles. The fraction of sp³-hybridized carbons (Fsp3) is 0.0769. The standard InChI is InChI=1S/C13H11N5OS/c1-8-5-10(7-20-8)13(19)14-11-4-2-3-9(6-11)12-15-17-18-16-12/h2-7H,1H3,(H,14,19)(H,15,16,17,18). The number of aryl methyl sites for hydroxylation is 1. The molecule has 6 nitrogen and oxygen atoms in total. The van der Waals surface area contributed by atoms with E-state index in [9.17, 15) is 4.79 Å². The van der Waals surface area contributed by atoms with Crippen molar-refractivity contribution in [1.29, 1.82) is 0 Å². The highest BCUT2D eigenvalue weighted by Crippen LogP contribution is 2.20. The summed E-state index contributed by atoms with van der Waals surface area (Å²) in [5.74, 6) is 0.368. The number of aromatic amines is 1. The van der Waals surface area contributed by atoms with Crippen LogP contribution in [0.2, 0.25) is 0 Å². The van der Waals surface area contributed by atoms with Crippen molar-refractivity contribution in [2.75, 3.05) is 5.32 Å². The maximum Gasteiger partial charge on any atom is 0.256 e. The van der Waals surface area contributed by atoms with Crippen LogP contribution in [-0.4, -0.2) is 26.5 Å². The first-order chi connectivity index (χ1) is 9.72. The molecule has 0 unspecified atom stereocenters. The van der Waals surface area contributed by atoms with E-state index in [0.717, 1.165) is 10.4 Å². The molecule has 0 atom stereocenters. The van der Waals surface area contributed by atoms with Gasteiger partial charge in [-0.1, -0.05) is 12.1 Å². The van der Waals surface area contributed by atoms with Gasteiger partial charge in [-0.25, -0.2) is 0 Å². The van der Waals surface area contributed by atoms with Crippen molar-refractivity contribution in [1.82, 2.24) is 20.6 Å². The Hall–Kier alpha value is -2.54. The minimum Gasteiger partial charge on any atom is -0.322 e. The van der Waals surface area contributed by atoms with Crippen LogP contribution in [0.1, 0.15) is 15.2 Å². The Morgan fingerprint density at radius 3 is 2.95 bits per heavy atom. The van der Waals surface area contributed by atoms with Gasteiger partial charge in [0, 0.05) is 21.5 Å². The van der Waals surface area contributed by atoms with Crippen molar-refractivity contribution in [3.63, 3.8) is 0 Å². The monoisotopic (exact) mass is 285 g/mol. The molecule has 3 aromatic rings. The van der Waals surface area contributed by atoms with Gasteiger partial charge in [-0.3, -0.25) is 4.79 Å². The molecule has 3 rings (SSSR count). The fourth-order valence-corrected chi connectivity index (χ4v) is 2.47. The summed E-state index contributed by atoms with van der Waals surface area (Å²) >= 11 is 1.55. The van der Waals surface area contributed by atoms with Gasteiger partial charge in [0.1, 0.15) is 0 Å². The topological polar surface area (TPSA) is 83.6 Å². The number of aromatic nitrogens is 4. The van der Waals surface area contributed by atoms with Gasteiger partial charge in [0.05, 0.1) is 5.56 Å². The molecule has 0 bridgehead atoms. The minimum atomic E-state index is -0.125. The van der Waals surface area contributed by atoms with Crippen molar-refractivity contribution < 1.29 is 4.79 Å². The molecule has 0 fully saturated rings. The summed E-state index contributed by atoms with van der Waals surface area (Å²) in [5.41, 5.74) is 2.15. The van der Waals surface area contributed by atoms with Crippen molar-refractivity contribution in [2.24, 2.45) is 0 Å². The Morgan fingerprint density at radius 1 is 1.35 bits per heavy atom. The van der Waals surface area contributed by atoms with Crippen LogP contribution < -0.4 is 5.32 Å². The average molecular weight is 285 g/mol. The number of hydrogen-bond donors (Lipinski definition) is 2. The third-order valence-electron chi connectivity index (χ3n) is 2.72. The predicted molar refractivity (Wildman–Crippen MR) is 76.6 cm³/mol. The maximum atomic E-state index is 12.1. The number of carbonyl (C=O) groups excluding carboxylic acids is 1. The largest absolute Gasteiger partial charge is 0.322 e. The molecular weight excluding hydrogens is 274 g/mol. The molecule has 0 aliphatic rings. The number of hydrogen-bond acceptors (Lipinski definition) is 5. The molecule has 2 N–H and O–H groups in total. The number of thiophene rings is 1. The van der Waals surface area contributed by atoms with E-state index in [1.165, 1.54) is 0 Å². The Labute approximate surface area is 118 Å². The molecule has 2 heterocycles. The number of H-pyrrole nitrogens is 1. The lowest BCUT2D eigenvalue weighted by Gasteiger charge is -2.04. The Morgan fingerprint density at radius 2 is 2.25 bits per heavy atom. The van der Waals surface area contributed by atoms with Gasteiger partial charge in [0.2, 0.25) is 5.82 Å². The Bertz CT molecular complexity index is 735. The van der Waals surface area contributed by atoms with Gasteiger partial charge < -0.3 is 5.32 Å². The first-order valence-electron chi connectivity index (χ1n) is 5.93. The van der Waals surface area contributed by atoms with Crippen molar-refractivity contribution in [2.45, 2.75) is 6.92 Å². The molecule has 0 radical (unpaired) electrons. The lowest BCUT2D eigenvalue weighted by Crippen LogP contribution is -2.10. The Balaban J connectivity index is 1.81. The quantitative estimate of drug-likeness (QED) is 0.774. The zero-order valence-corrected chi connectivity index (χ0v) is 11.4. The molecule has 1 amide bonds. The van der Waals surface area contributed by atoms with Crippen molar-refractivity contribution >= 4 is 22.9 Å². The summed E-state index contributed by atoms with van der Waals surface area (Å²) in [6.45, 7) is 1.97. The SMILES string of the molecule is Cc1cc(C(=O)Nc2cccc(-c3nn[nH]n3)c2)cs1. The van der Waals surface area contributed by atoms with E-state index in [-0.39, 0.29) is 5.91 Å². The highest BCUT2D eigenvalue weighted by Gasteiger charge is 2.09. The smallest absolute Gasteiger partial charge is 0.256 e. The van der Waals surface area contributed by atoms with Crippen LogP contribution in [0.25, 0.3) is 11.4 Å². The number of nitrogens with zero attached hydrogens (tertiary/aromatic N) is 3. The van der Waals surface area contributed by atoms with Crippen LogP contribution >= 0.6 is 11.3 Å². The molecule has 0 saturated carbocycles. The van der Waals surface area contributed by atoms with Gasteiger partial charge in [0.25, 0.3) is 5.91 Å². The first-order valence-corrected chi connectivity index (χ1v) is 6.81. The second-order valence-corrected chi connectivity index (χ2v) is 5.33. The van der Waals surface area contributed by atoms with Crippen molar-refractivity contribution in [3.8, 4) is 11.4 Å². The van der Waals surface area contributed by atoms with Crippen LogP contribution in [0.15, 0.2) is 35.7 Å². The summed E-state index contributed by atoms with van der Waals surface area (Å²) in [4.78, 5) is 13.2. The van der Waals surface area contributed by atoms with Crippen LogP contribution in [0, 0.1) is 6.92 Å². The number of tetrazole rings is 1. The molecular formula is C13H11N5OS. The van der Waals surface area contributed by atoms with E-state index >= 15 is 0 Å². The number of amides is 1. The van der Waals surface area contributed by atoms with Gasteiger partial charge in [0.15, 0.2) is 0 Å². The van der Waals surface area contributed by atoms with E-state index in [1.807, 2.05) is 42.6 Å². The first kappa shape index (κ1) is 12.5. The molecule has 2 aromatic heterocycles. The van der Waals surface area contributed by atoms with E-state index < -0.39 is 0 Å². The van der Waals surface area contributed by atoms with Gasteiger partial charge in [-0.15, -0.1) is 21.5 Å². The van der Waals surface area contributed by atoms with Crippen LogP contribution in [0.4, 0.5) is 5.69 Å². The number of rotatable bonds is 3. The van der Waals surface area contributed by atoms with Gasteiger partial charge >= 0.3 is 0 Å². The number of carbonyl (C=O) groups is 1. The number of nitrogens with one attached hydrogen (secondary N) is 2. The highest BCUT2D eigenvalue weighted by molar-refractivity contribution is 7.10. The highest BCUT2D eigenvalue weighted by atomic mass is 32.1. The molecule has 20 heavy (non-hydrogen) atoms. The van der Waals surface area contributed by atoms with Crippen LogP contribution in [-0.2, 0) is 0 Å². The van der Waals surface area contributed by atoms with E-state index in [4.69, 9.17) is 0 Å². The van der Waals surface area contributed by atoms with E-state index in [2.05, 4.69) is 25.9 Å². The second-order valence-electron chi connectivity index (χ2n) is 4.22. The molecule has 0 saturated heterocycles. The fourth-order valence-electron chi connectivity index (χ4n) is 1.79. The lowest BCUT2D eigenvalue weighted by molar-refractivity contribution is 0.102. The maximum absolute atomic E-state index is 12.1. The molecule has 100 valence electrons. The van der Waals surface area contributed by atoms with Crippen LogP contribution in [0.3, 0.4) is 0 Å². The van der Waals surface area contributed by atoms with Crippen LogP contribution in [0.5, 0.6) is 0 Å². The normalized spacial score (nSPS) is 10.4. The summed E-state index contributed by atoms with van der Waals surface area (Å²) in [7, 11) is 0. The summed E-state index contributed by atoms with van der Waals surface area (Å²) in [6, 6.07) is 9.18. The third-order valence-corrected chi connectivity index (χ3v) is 3.58. The predicted octanol–water partition coefficient (Wildman–Crippen LogP) is 2.49. The van der Waals surface area contributed by atoms with Crippen molar-refractivity contribution in [3.05, 3.63) is 46.2 Å². The molecule has 0 spiro atoms.